The van der Waals surface area contributed by atoms with E-state index in [1.54, 1.807) is 0 Å². The highest BCUT2D eigenvalue weighted by molar-refractivity contribution is 7.92. The van der Waals surface area contributed by atoms with Crippen LogP contribution in [0.1, 0.15) is 21.6 Å². The Morgan fingerprint density at radius 3 is 2.62 bits per heavy atom. The lowest BCUT2D eigenvalue weighted by Gasteiger charge is -2.25. The van der Waals surface area contributed by atoms with Gasteiger partial charge in [0, 0.05) is 13.3 Å². The molecule has 0 aliphatic rings. The van der Waals surface area contributed by atoms with E-state index in [2.05, 4.69) is 9.97 Å². The molecule has 0 unspecified atom stereocenters. The van der Waals surface area contributed by atoms with Crippen LogP contribution < -0.4 is 10.1 Å². The van der Waals surface area contributed by atoms with Crippen LogP contribution in [0.3, 0.4) is 0 Å². The quantitative estimate of drug-likeness (QED) is 0.203. The van der Waals surface area contributed by atoms with Crippen LogP contribution in [-0.2, 0) is 20.9 Å². The summed E-state index contributed by atoms with van der Waals surface area (Å²) in [6.07, 6.45) is -3.86. The molecule has 4 rings (SSSR count). The fraction of sp³-hybridized carbons (Fsp3) is 0.136. The second kappa shape index (κ2) is 9.61. The highest BCUT2D eigenvalue weighted by Crippen LogP contribution is 2.34. The number of alkyl halides is 3. The van der Waals surface area contributed by atoms with Gasteiger partial charge in [0.1, 0.15) is 23.8 Å². The fourth-order valence-corrected chi connectivity index (χ4v) is 5.04. The highest BCUT2D eigenvalue weighted by Gasteiger charge is 2.35. The molecule has 0 saturated heterocycles. The number of nitrogens with one attached hydrogen (secondary N) is 1. The second-order valence-corrected chi connectivity index (χ2v) is 9.76. The lowest BCUT2D eigenvalue weighted by atomic mass is 10.0. The van der Waals surface area contributed by atoms with Gasteiger partial charge in [-0.15, -0.1) is 0 Å². The summed E-state index contributed by atoms with van der Waals surface area (Å²) in [5.74, 6) is -3.29. The van der Waals surface area contributed by atoms with Gasteiger partial charge in [-0.25, -0.2) is 26.9 Å². The maximum atomic E-state index is 14.8. The van der Waals surface area contributed by atoms with Gasteiger partial charge in [-0.3, -0.25) is 9.78 Å². The van der Waals surface area contributed by atoms with Gasteiger partial charge in [0.25, 0.3) is 10.0 Å². The number of oxazole rings is 1. The van der Waals surface area contributed by atoms with Crippen molar-refractivity contribution in [3.05, 3.63) is 86.9 Å². The van der Waals surface area contributed by atoms with E-state index in [0.717, 1.165) is 43.6 Å². The Balaban J connectivity index is 1.92. The average Bonchev–Trinajstić information content (AvgIpc) is 3.21. The molecule has 0 radical (unpaired) electrons. The number of anilines is 1. The van der Waals surface area contributed by atoms with Gasteiger partial charge in [0.05, 0.1) is 26.7 Å². The van der Waals surface area contributed by atoms with Crippen LogP contribution in [0.2, 0.25) is 5.02 Å². The second-order valence-electron chi connectivity index (χ2n) is 7.46. The number of halogens is 5. The topological polar surface area (TPSA) is 123 Å². The molecule has 0 spiro atoms. The Kier molecular flexibility index (Phi) is 6.83. The number of benzene rings is 2. The van der Waals surface area contributed by atoms with Crippen LogP contribution in [0, 0.1) is 5.82 Å². The molecule has 4 aromatic rings. The van der Waals surface area contributed by atoms with E-state index >= 15 is 0 Å². The van der Waals surface area contributed by atoms with Crippen molar-refractivity contribution in [3.8, 4) is 0 Å². The van der Waals surface area contributed by atoms with E-state index in [1.807, 2.05) is 0 Å². The molecule has 2 aromatic heterocycles. The summed E-state index contributed by atoms with van der Waals surface area (Å²) >= 11 is 6.00. The fourth-order valence-electron chi connectivity index (χ4n) is 3.46. The maximum absolute atomic E-state index is 14.8. The number of pyridine rings is 1. The lowest BCUT2D eigenvalue weighted by Crippen LogP contribution is -2.34. The van der Waals surface area contributed by atoms with Crippen LogP contribution in [0.5, 0.6) is 0 Å². The van der Waals surface area contributed by atoms with Gasteiger partial charge in [0.15, 0.2) is 5.58 Å². The van der Waals surface area contributed by atoms with Gasteiger partial charge in [-0.1, -0.05) is 17.7 Å². The molecular formula is C22H14ClF4N3O6S. The third kappa shape index (κ3) is 4.95. The van der Waals surface area contributed by atoms with Crippen molar-refractivity contribution < 1.29 is 39.9 Å². The van der Waals surface area contributed by atoms with Crippen molar-refractivity contribution in [3.63, 3.8) is 0 Å². The largest absolute Gasteiger partial charge is 0.417 e. The summed E-state index contributed by atoms with van der Waals surface area (Å²) < 4.78 is 91.7. The number of hydrogen-bond acceptors (Lipinski definition) is 7. The summed E-state index contributed by atoms with van der Waals surface area (Å²) in [6.45, 7) is -0.785. The minimum atomic E-state index is -4.84. The standard InChI is InChI=1S/C22H14ClF4N3O6S/c1-35-10-30(37(33,34)13-4-2-3-11(7-13)22(25,26)27)16-8-12(23)9-28-18(16)19(31)17-14(24)5-6-15-20(17)36-21(32)29-15/h2-9H,10H2,1H3,(H,29,32). The number of hydrogen-bond donors (Lipinski definition) is 1. The Hall–Kier alpha value is -3.75. The summed E-state index contributed by atoms with van der Waals surface area (Å²) in [7, 11) is -3.72. The van der Waals surface area contributed by atoms with Crippen molar-refractivity contribution in [1.29, 1.82) is 0 Å². The summed E-state index contributed by atoms with van der Waals surface area (Å²) in [5, 5.41) is -0.154. The molecule has 0 saturated carbocycles. The van der Waals surface area contributed by atoms with Crippen LogP contribution >= 0.6 is 11.6 Å². The summed E-state index contributed by atoms with van der Waals surface area (Å²) in [5.41, 5.74) is -3.62. The van der Waals surface area contributed by atoms with E-state index < -0.39 is 73.3 Å². The number of carbonyl (C=O) groups excluding carboxylic acids is 1. The molecule has 9 nitrogen and oxygen atoms in total. The van der Waals surface area contributed by atoms with Gasteiger partial charge in [0.2, 0.25) is 5.78 Å². The molecule has 15 heteroatoms. The lowest BCUT2D eigenvalue weighted by molar-refractivity contribution is -0.137. The molecule has 194 valence electrons. The molecule has 0 aliphatic carbocycles. The molecule has 2 heterocycles. The van der Waals surface area contributed by atoms with Crippen molar-refractivity contribution in [1.82, 2.24) is 9.97 Å². The van der Waals surface area contributed by atoms with E-state index in [-0.39, 0.29) is 10.5 Å². The molecule has 0 bridgehead atoms. The Morgan fingerprint density at radius 2 is 1.95 bits per heavy atom. The first-order valence-electron chi connectivity index (χ1n) is 10.0. The highest BCUT2D eigenvalue weighted by atomic mass is 35.5. The maximum Gasteiger partial charge on any atom is 0.417 e. The normalized spacial score (nSPS) is 12.2. The first-order valence-corrected chi connectivity index (χ1v) is 11.9. The van der Waals surface area contributed by atoms with Crippen molar-refractivity contribution in [2.75, 3.05) is 18.1 Å². The molecule has 0 amide bonds. The molecule has 37 heavy (non-hydrogen) atoms. The number of aromatic amines is 1. The number of rotatable bonds is 7. The number of aromatic nitrogens is 2. The third-order valence-electron chi connectivity index (χ3n) is 5.08. The molecule has 0 aliphatic heterocycles. The average molecular weight is 560 g/mol. The Labute approximate surface area is 210 Å². The SMILES string of the molecule is COCN(c1cc(Cl)cnc1C(=O)c1c(F)ccc2[nH]c(=O)oc12)S(=O)(=O)c1cccc(C(F)(F)F)c1. The number of H-pyrrole nitrogens is 1. The van der Waals surface area contributed by atoms with Crippen molar-refractivity contribution in [2.45, 2.75) is 11.1 Å². The smallest absolute Gasteiger partial charge is 0.407 e. The van der Waals surface area contributed by atoms with Gasteiger partial charge in [-0.2, -0.15) is 13.2 Å². The third-order valence-corrected chi connectivity index (χ3v) is 7.02. The molecule has 0 fully saturated rings. The predicted octanol–water partition coefficient (Wildman–Crippen LogP) is 4.36. The number of nitrogens with zero attached hydrogens (tertiary/aromatic N) is 2. The van der Waals surface area contributed by atoms with E-state index in [1.165, 1.54) is 0 Å². The molecule has 1 N–H and O–H groups in total. The molecule has 0 atom stereocenters. The van der Waals surface area contributed by atoms with Gasteiger partial charge >= 0.3 is 11.9 Å². The monoisotopic (exact) mass is 559 g/mol. The van der Waals surface area contributed by atoms with Crippen molar-refractivity contribution >= 4 is 44.2 Å². The minimum absolute atomic E-state index is 0.0180. The summed E-state index contributed by atoms with van der Waals surface area (Å²) in [4.78, 5) is 30.4. The number of methoxy groups -OCH3 is 1. The number of sulfonamides is 1. The number of ether oxygens (including phenoxy) is 1. The summed E-state index contributed by atoms with van der Waals surface area (Å²) in [6, 6.07) is 5.93. The van der Waals surface area contributed by atoms with Crippen LogP contribution in [-0.4, -0.2) is 38.0 Å². The van der Waals surface area contributed by atoms with Gasteiger partial charge < -0.3 is 9.15 Å². The zero-order valence-corrected chi connectivity index (χ0v) is 20.0. The molecular weight excluding hydrogens is 546 g/mol. The first-order chi connectivity index (χ1) is 17.3. The zero-order chi connectivity index (χ0) is 27.1. The first kappa shape index (κ1) is 26.3. The van der Waals surface area contributed by atoms with Gasteiger partial charge in [-0.05, 0) is 36.4 Å². The van der Waals surface area contributed by atoms with Crippen molar-refractivity contribution in [2.24, 2.45) is 0 Å². The Bertz CT molecular complexity index is 1680. The molecule has 2 aromatic carbocycles. The number of carbonyl (C=O) groups is 1. The van der Waals surface area contributed by atoms with E-state index in [4.69, 9.17) is 20.8 Å². The van der Waals surface area contributed by atoms with E-state index in [9.17, 15) is 35.6 Å². The Morgan fingerprint density at radius 1 is 1.22 bits per heavy atom. The van der Waals surface area contributed by atoms with E-state index in [0.29, 0.717) is 16.4 Å². The van der Waals surface area contributed by atoms with Crippen LogP contribution in [0.4, 0.5) is 23.2 Å². The predicted molar refractivity (Wildman–Crippen MR) is 122 cm³/mol. The van der Waals surface area contributed by atoms with Crippen LogP contribution in [0.15, 0.2) is 62.8 Å². The zero-order valence-electron chi connectivity index (χ0n) is 18.5. The number of fused-ring (bicyclic) bond motifs is 1. The minimum Gasteiger partial charge on any atom is -0.407 e. The number of ketones is 1. The van der Waals surface area contributed by atoms with Crippen LogP contribution in [0.25, 0.3) is 11.1 Å².